The maximum absolute atomic E-state index is 5.35. The van der Waals surface area contributed by atoms with Gasteiger partial charge in [0.25, 0.3) is 0 Å². The highest BCUT2D eigenvalue weighted by Gasteiger charge is 2.24. The smallest absolute Gasteiger partial charge is 0.205 e. The van der Waals surface area contributed by atoms with Gasteiger partial charge in [0.15, 0.2) is 5.75 Å². The molecule has 0 aliphatic heterocycles. The summed E-state index contributed by atoms with van der Waals surface area (Å²) in [6, 6.07) is 8.07. The van der Waals surface area contributed by atoms with Crippen LogP contribution < -0.4 is 9.47 Å². The zero-order valence-electron chi connectivity index (χ0n) is 11.2. The van der Waals surface area contributed by atoms with Gasteiger partial charge in [-0.1, -0.05) is 0 Å². The molecule has 96 valence electrons. The minimum absolute atomic E-state index is 0.829. The summed E-state index contributed by atoms with van der Waals surface area (Å²) < 4.78 is 16.1. The molecular formula is C16H15O3+. The highest BCUT2D eigenvalue weighted by molar-refractivity contribution is 5.99. The van der Waals surface area contributed by atoms with Gasteiger partial charge in [-0.2, -0.15) is 0 Å². The zero-order valence-corrected chi connectivity index (χ0v) is 11.2. The van der Waals surface area contributed by atoms with E-state index < -0.39 is 0 Å². The SMILES string of the molecule is COC1=Cc2cc(OC)cc3cc(OC)cc(c23)[CH+]1. The van der Waals surface area contributed by atoms with Crippen LogP contribution in [-0.4, -0.2) is 21.3 Å². The number of allylic oxidation sites excluding steroid dienone is 1. The molecule has 0 fully saturated rings. The molecule has 2 aromatic rings. The summed E-state index contributed by atoms with van der Waals surface area (Å²) in [7, 11) is 5.01. The number of hydrogen-bond acceptors (Lipinski definition) is 3. The summed E-state index contributed by atoms with van der Waals surface area (Å²) in [6.45, 7) is 0. The molecule has 0 radical (unpaired) electrons. The Morgan fingerprint density at radius 2 is 1.53 bits per heavy atom. The van der Waals surface area contributed by atoms with Crippen LogP contribution in [0.25, 0.3) is 16.8 Å². The molecule has 0 atom stereocenters. The molecule has 19 heavy (non-hydrogen) atoms. The number of benzene rings is 2. The minimum atomic E-state index is 0.829. The fourth-order valence-corrected chi connectivity index (χ4v) is 2.46. The second-order valence-corrected chi connectivity index (χ2v) is 4.43. The summed E-state index contributed by atoms with van der Waals surface area (Å²) in [5.41, 5.74) is 2.21. The van der Waals surface area contributed by atoms with E-state index in [9.17, 15) is 0 Å². The summed E-state index contributed by atoms with van der Waals surface area (Å²) in [5.74, 6) is 2.49. The average molecular weight is 255 g/mol. The fraction of sp³-hybridized carbons (Fsp3) is 0.188. The average Bonchev–Trinajstić information content (AvgIpc) is 2.46. The van der Waals surface area contributed by atoms with Crippen LogP contribution in [0.5, 0.6) is 11.5 Å². The van der Waals surface area contributed by atoms with E-state index in [1.54, 1.807) is 21.3 Å². The van der Waals surface area contributed by atoms with E-state index >= 15 is 0 Å². The largest absolute Gasteiger partial charge is 0.497 e. The van der Waals surface area contributed by atoms with Gasteiger partial charge in [0, 0.05) is 17.5 Å². The molecule has 0 amide bonds. The summed E-state index contributed by atoms with van der Waals surface area (Å²) in [5, 5.41) is 2.30. The predicted molar refractivity (Wildman–Crippen MR) is 75.4 cm³/mol. The molecule has 0 saturated heterocycles. The maximum Gasteiger partial charge on any atom is 0.205 e. The van der Waals surface area contributed by atoms with Crippen LogP contribution in [0.3, 0.4) is 0 Å². The molecule has 3 heteroatoms. The van der Waals surface area contributed by atoms with Crippen LogP contribution in [-0.2, 0) is 4.74 Å². The highest BCUT2D eigenvalue weighted by atomic mass is 16.5. The molecule has 1 aliphatic rings. The van der Waals surface area contributed by atoms with Gasteiger partial charge in [0.1, 0.15) is 11.3 Å². The Morgan fingerprint density at radius 1 is 0.842 bits per heavy atom. The van der Waals surface area contributed by atoms with Crippen LogP contribution in [0, 0.1) is 6.42 Å². The van der Waals surface area contributed by atoms with Gasteiger partial charge < -0.3 is 14.2 Å². The van der Waals surface area contributed by atoms with Crippen molar-refractivity contribution in [3.63, 3.8) is 0 Å². The lowest BCUT2D eigenvalue weighted by Gasteiger charge is -2.12. The number of ether oxygens (including phenoxy) is 3. The Hall–Kier alpha value is -2.29. The molecular weight excluding hydrogens is 240 g/mol. The van der Waals surface area contributed by atoms with E-state index in [1.165, 1.54) is 5.39 Å². The Kier molecular flexibility index (Phi) is 2.75. The first kappa shape index (κ1) is 11.8. The maximum atomic E-state index is 5.35. The molecule has 2 aromatic carbocycles. The van der Waals surface area contributed by atoms with E-state index in [1.807, 2.05) is 36.8 Å². The van der Waals surface area contributed by atoms with Gasteiger partial charge in [-0.3, -0.25) is 0 Å². The molecule has 0 spiro atoms. The van der Waals surface area contributed by atoms with Crippen LogP contribution >= 0.6 is 0 Å². The zero-order chi connectivity index (χ0) is 13.4. The molecule has 3 rings (SSSR count). The second-order valence-electron chi connectivity index (χ2n) is 4.43. The second kappa shape index (κ2) is 4.43. The Balaban J connectivity index is 2.33. The topological polar surface area (TPSA) is 27.7 Å². The van der Waals surface area contributed by atoms with Crippen molar-refractivity contribution in [3.05, 3.63) is 47.6 Å². The van der Waals surface area contributed by atoms with Crippen molar-refractivity contribution in [1.29, 1.82) is 0 Å². The normalized spacial score (nSPS) is 12.7. The van der Waals surface area contributed by atoms with Gasteiger partial charge in [0.05, 0.1) is 50.8 Å². The first-order valence-electron chi connectivity index (χ1n) is 6.05. The first-order chi connectivity index (χ1) is 9.25. The Bertz CT molecular complexity index is 666. The van der Waals surface area contributed by atoms with Crippen molar-refractivity contribution in [3.8, 4) is 11.5 Å². The molecule has 0 saturated carbocycles. The van der Waals surface area contributed by atoms with Crippen molar-refractivity contribution < 1.29 is 14.2 Å². The van der Waals surface area contributed by atoms with Crippen LogP contribution in [0.4, 0.5) is 0 Å². The molecule has 0 unspecified atom stereocenters. The van der Waals surface area contributed by atoms with Crippen LogP contribution in [0.15, 0.2) is 30.0 Å². The van der Waals surface area contributed by atoms with Crippen LogP contribution in [0.2, 0.25) is 0 Å². The number of hydrogen-bond donors (Lipinski definition) is 0. The van der Waals surface area contributed by atoms with Crippen molar-refractivity contribution in [2.75, 3.05) is 21.3 Å². The third kappa shape index (κ3) is 1.87. The van der Waals surface area contributed by atoms with E-state index in [0.29, 0.717) is 0 Å². The first-order valence-corrected chi connectivity index (χ1v) is 6.05. The van der Waals surface area contributed by atoms with E-state index in [4.69, 9.17) is 14.2 Å². The van der Waals surface area contributed by atoms with Crippen molar-refractivity contribution >= 4 is 16.8 Å². The molecule has 0 N–H and O–H groups in total. The number of methoxy groups -OCH3 is 3. The van der Waals surface area contributed by atoms with Crippen molar-refractivity contribution in [1.82, 2.24) is 0 Å². The van der Waals surface area contributed by atoms with E-state index in [2.05, 4.69) is 0 Å². The van der Waals surface area contributed by atoms with Gasteiger partial charge in [0.2, 0.25) is 5.76 Å². The van der Waals surface area contributed by atoms with Gasteiger partial charge in [-0.15, -0.1) is 0 Å². The highest BCUT2D eigenvalue weighted by Crippen LogP contribution is 2.38. The lowest BCUT2D eigenvalue weighted by Crippen LogP contribution is -2.00. The summed E-state index contributed by atoms with van der Waals surface area (Å²) >= 11 is 0. The monoisotopic (exact) mass is 255 g/mol. The van der Waals surface area contributed by atoms with Gasteiger partial charge in [-0.05, 0) is 6.07 Å². The molecule has 0 bridgehead atoms. The van der Waals surface area contributed by atoms with Crippen molar-refractivity contribution in [2.45, 2.75) is 0 Å². The Morgan fingerprint density at radius 3 is 2.16 bits per heavy atom. The Labute approximate surface area is 112 Å². The molecule has 0 heterocycles. The molecule has 1 aliphatic carbocycles. The molecule has 0 aromatic heterocycles. The third-order valence-electron chi connectivity index (χ3n) is 3.36. The van der Waals surface area contributed by atoms with E-state index in [0.717, 1.165) is 33.8 Å². The number of rotatable bonds is 3. The predicted octanol–water partition coefficient (Wildman–Crippen LogP) is 3.41. The summed E-state index contributed by atoms with van der Waals surface area (Å²) in [4.78, 5) is 0. The van der Waals surface area contributed by atoms with E-state index in [-0.39, 0.29) is 0 Å². The summed E-state index contributed by atoms with van der Waals surface area (Å²) in [6.07, 6.45) is 4.04. The quantitative estimate of drug-likeness (QED) is 0.787. The lowest BCUT2D eigenvalue weighted by molar-refractivity contribution is 0.304. The molecule has 3 nitrogen and oxygen atoms in total. The van der Waals surface area contributed by atoms with Crippen molar-refractivity contribution in [2.24, 2.45) is 0 Å². The third-order valence-corrected chi connectivity index (χ3v) is 3.36. The fourth-order valence-electron chi connectivity index (χ4n) is 2.46. The van der Waals surface area contributed by atoms with Gasteiger partial charge >= 0.3 is 0 Å². The van der Waals surface area contributed by atoms with Gasteiger partial charge in [-0.25, -0.2) is 0 Å². The lowest BCUT2D eigenvalue weighted by atomic mass is 9.91. The minimum Gasteiger partial charge on any atom is -0.497 e. The van der Waals surface area contributed by atoms with Crippen LogP contribution in [0.1, 0.15) is 11.1 Å². The standard InChI is InChI=1S/C16H15O3/c1-17-13-4-10-6-14(18-2)8-12-9-15(19-3)7-11(5-13)16(10)12/h4-9H,1-3H3/q+1.